The third kappa shape index (κ3) is 4.61. The molecule has 12 heteroatoms. The fourth-order valence-electron chi connectivity index (χ4n) is 3.06. The smallest absolute Gasteiger partial charge is 0.265 e. The monoisotopic (exact) mass is 487 g/mol. The fourth-order valence-corrected chi connectivity index (χ4v) is 5.37. The summed E-state index contributed by atoms with van der Waals surface area (Å²) in [6.45, 7) is 3.38. The molecule has 0 atom stereocenters. The molecule has 2 heterocycles. The molecule has 0 aliphatic rings. The normalized spacial score (nSPS) is 12.0. The number of benzene rings is 2. The highest BCUT2D eigenvalue weighted by atomic mass is 32.2. The molecule has 4 rings (SSSR count). The van der Waals surface area contributed by atoms with Crippen molar-refractivity contribution in [2.24, 2.45) is 7.05 Å². The highest BCUT2D eigenvalue weighted by molar-refractivity contribution is 7.93. The summed E-state index contributed by atoms with van der Waals surface area (Å²) in [4.78, 5) is -0.0593. The first-order valence-electron chi connectivity index (χ1n) is 9.74. The maximum Gasteiger partial charge on any atom is 0.265 e. The van der Waals surface area contributed by atoms with Crippen molar-refractivity contribution < 1.29 is 21.4 Å². The van der Waals surface area contributed by atoms with Gasteiger partial charge in [-0.3, -0.25) is 9.40 Å². The Balaban J connectivity index is 1.58. The summed E-state index contributed by atoms with van der Waals surface area (Å²) < 4.78 is 62.6. The molecule has 0 radical (unpaired) electrons. The highest BCUT2D eigenvalue weighted by Gasteiger charge is 2.24. The van der Waals surface area contributed by atoms with Crippen LogP contribution in [0.1, 0.15) is 11.3 Å². The molecular formula is C21H21N5O5S2. The number of aryl methyl sites for hydroxylation is 2. The van der Waals surface area contributed by atoms with E-state index in [1.807, 2.05) is 6.07 Å². The van der Waals surface area contributed by atoms with E-state index in [0.717, 1.165) is 0 Å². The van der Waals surface area contributed by atoms with Gasteiger partial charge in [-0.2, -0.15) is 5.10 Å². The van der Waals surface area contributed by atoms with E-state index < -0.39 is 20.0 Å². The first-order chi connectivity index (χ1) is 15.6. The van der Waals surface area contributed by atoms with Gasteiger partial charge >= 0.3 is 0 Å². The van der Waals surface area contributed by atoms with Gasteiger partial charge < -0.3 is 4.52 Å². The number of nitrogens with zero attached hydrogens (tertiary/aromatic N) is 3. The summed E-state index contributed by atoms with van der Waals surface area (Å²) in [6.07, 6.45) is 1.41. The van der Waals surface area contributed by atoms with E-state index in [4.69, 9.17) is 4.52 Å². The molecule has 4 aromatic rings. The van der Waals surface area contributed by atoms with Crippen LogP contribution in [0, 0.1) is 13.8 Å². The van der Waals surface area contributed by atoms with Crippen LogP contribution in [0.3, 0.4) is 0 Å². The average molecular weight is 488 g/mol. The molecule has 0 aliphatic carbocycles. The van der Waals surface area contributed by atoms with Crippen molar-refractivity contribution in [2.45, 2.75) is 23.6 Å². The number of hydrogen-bond acceptors (Lipinski definition) is 7. The molecule has 2 N–H and O–H groups in total. The third-order valence-electron chi connectivity index (χ3n) is 4.93. The Hall–Kier alpha value is -3.64. The second-order valence-electron chi connectivity index (χ2n) is 7.34. The summed E-state index contributed by atoms with van der Waals surface area (Å²) in [5.74, 6) is 0.0299. The Morgan fingerprint density at radius 2 is 1.55 bits per heavy atom. The Kier molecular flexibility index (Phi) is 5.72. The van der Waals surface area contributed by atoms with Crippen molar-refractivity contribution in [1.82, 2.24) is 14.9 Å². The lowest BCUT2D eigenvalue weighted by Crippen LogP contribution is -2.15. The predicted octanol–water partition coefficient (Wildman–Crippen LogP) is 3.29. The van der Waals surface area contributed by atoms with Crippen LogP contribution >= 0.6 is 0 Å². The lowest BCUT2D eigenvalue weighted by atomic mass is 10.2. The molecule has 0 unspecified atom stereocenters. The van der Waals surface area contributed by atoms with E-state index in [-0.39, 0.29) is 21.4 Å². The van der Waals surface area contributed by atoms with Crippen LogP contribution in [0.15, 0.2) is 75.1 Å². The van der Waals surface area contributed by atoms with Gasteiger partial charge in [-0.1, -0.05) is 35.5 Å². The van der Waals surface area contributed by atoms with E-state index in [1.54, 1.807) is 45.2 Å². The summed E-state index contributed by atoms with van der Waals surface area (Å²) in [5.41, 5.74) is 2.32. The number of sulfonamides is 2. The zero-order valence-corrected chi connectivity index (χ0v) is 19.6. The molecule has 33 heavy (non-hydrogen) atoms. The van der Waals surface area contributed by atoms with Crippen LogP contribution in [-0.4, -0.2) is 31.8 Å². The quantitative estimate of drug-likeness (QED) is 0.408. The number of anilines is 2. The van der Waals surface area contributed by atoms with E-state index in [0.29, 0.717) is 22.5 Å². The van der Waals surface area contributed by atoms with Crippen molar-refractivity contribution in [1.29, 1.82) is 0 Å². The second kappa shape index (κ2) is 8.37. The van der Waals surface area contributed by atoms with Gasteiger partial charge in [0.2, 0.25) is 5.88 Å². The van der Waals surface area contributed by atoms with E-state index >= 15 is 0 Å². The van der Waals surface area contributed by atoms with Gasteiger partial charge in [0, 0.05) is 30.1 Å². The van der Waals surface area contributed by atoms with Crippen molar-refractivity contribution in [3.05, 3.63) is 72.1 Å². The van der Waals surface area contributed by atoms with Crippen LogP contribution in [0.25, 0.3) is 11.3 Å². The molecule has 172 valence electrons. The van der Waals surface area contributed by atoms with Crippen LogP contribution in [0.2, 0.25) is 0 Å². The zero-order chi connectivity index (χ0) is 23.8. The van der Waals surface area contributed by atoms with Crippen molar-refractivity contribution in [3.8, 4) is 11.3 Å². The Bertz CT molecular complexity index is 1510. The van der Waals surface area contributed by atoms with Gasteiger partial charge in [-0.05, 0) is 38.1 Å². The number of aromatic nitrogens is 3. The highest BCUT2D eigenvalue weighted by Crippen LogP contribution is 2.28. The number of nitrogens with one attached hydrogen (secondary N) is 2. The summed E-state index contributed by atoms with van der Waals surface area (Å²) in [5, 5.41) is 8.00. The van der Waals surface area contributed by atoms with Gasteiger partial charge in [-0.15, -0.1) is 0 Å². The van der Waals surface area contributed by atoms with Gasteiger partial charge in [-0.25, -0.2) is 21.6 Å². The molecule has 0 saturated carbocycles. The molecular weight excluding hydrogens is 466 g/mol. The molecule has 0 fully saturated rings. The molecule has 0 amide bonds. The maximum atomic E-state index is 13.1. The fraction of sp³-hybridized carbons (Fsp3) is 0.143. The van der Waals surface area contributed by atoms with Gasteiger partial charge in [0.25, 0.3) is 20.0 Å². The predicted molar refractivity (Wildman–Crippen MR) is 123 cm³/mol. The molecule has 2 aromatic heterocycles. The average Bonchev–Trinajstić information content (AvgIpc) is 3.32. The minimum atomic E-state index is -3.99. The van der Waals surface area contributed by atoms with Crippen LogP contribution < -0.4 is 9.44 Å². The molecule has 0 bridgehead atoms. The minimum absolute atomic E-state index is 0.00530. The topological polar surface area (TPSA) is 136 Å². The van der Waals surface area contributed by atoms with Gasteiger partial charge in [0.15, 0.2) is 0 Å². The SMILES string of the molecule is Cc1noc(NS(=O)(=O)c2ccc(NS(=O)(=O)c3cn(C)nc3-c3ccccc3)cc2)c1C. The van der Waals surface area contributed by atoms with Gasteiger partial charge in [0.05, 0.1) is 10.6 Å². The Morgan fingerprint density at radius 1 is 0.879 bits per heavy atom. The van der Waals surface area contributed by atoms with Crippen LogP contribution in [0.4, 0.5) is 11.6 Å². The lowest BCUT2D eigenvalue weighted by Gasteiger charge is -2.10. The van der Waals surface area contributed by atoms with Crippen molar-refractivity contribution in [3.63, 3.8) is 0 Å². The summed E-state index contributed by atoms with van der Waals surface area (Å²) in [7, 11) is -6.31. The first kappa shape index (κ1) is 22.6. The Labute approximate surface area is 191 Å². The van der Waals surface area contributed by atoms with E-state index in [2.05, 4.69) is 19.7 Å². The molecule has 10 nitrogen and oxygen atoms in total. The zero-order valence-electron chi connectivity index (χ0n) is 18.0. The van der Waals surface area contributed by atoms with Crippen molar-refractivity contribution in [2.75, 3.05) is 9.44 Å². The Morgan fingerprint density at radius 3 is 2.15 bits per heavy atom. The van der Waals surface area contributed by atoms with E-state index in [9.17, 15) is 16.8 Å². The lowest BCUT2D eigenvalue weighted by molar-refractivity contribution is 0.430. The maximum absolute atomic E-state index is 13.1. The minimum Gasteiger partial charge on any atom is -0.337 e. The first-order valence-corrected chi connectivity index (χ1v) is 12.7. The van der Waals surface area contributed by atoms with E-state index in [1.165, 1.54) is 35.1 Å². The number of rotatable bonds is 7. The summed E-state index contributed by atoms with van der Waals surface area (Å²) in [6, 6.07) is 14.3. The molecule has 0 spiro atoms. The second-order valence-corrected chi connectivity index (χ2v) is 10.7. The van der Waals surface area contributed by atoms with Crippen LogP contribution in [0.5, 0.6) is 0 Å². The third-order valence-corrected chi connectivity index (χ3v) is 7.66. The van der Waals surface area contributed by atoms with Gasteiger partial charge in [0.1, 0.15) is 10.6 Å². The van der Waals surface area contributed by atoms with Crippen molar-refractivity contribution >= 4 is 31.6 Å². The largest absolute Gasteiger partial charge is 0.337 e. The molecule has 0 aliphatic heterocycles. The van der Waals surface area contributed by atoms with Crippen LogP contribution in [-0.2, 0) is 27.1 Å². The molecule has 2 aromatic carbocycles. The summed E-state index contributed by atoms with van der Waals surface area (Å²) >= 11 is 0. The number of hydrogen-bond donors (Lipinski definition) is 2. The standard InChI is InChI=1S/C21H21N5O5S2/c1-14-15(2)23-31-21(14)25-32(27,28)18-11-9-17(10-12-18)24-33(29,30)19-13-26(3)22-20(19)16-7-5-4-6-8-16/h4-13,24-25H,1-3H3. The molecule has 0 saturated heterocycles.